The van der Waals surface area contributed by atoms with Gasteiger partial charge in [0.05, 0.1) is 18.6 Å². The highest BCUT2D eigenvalue weighted by Gasteiger charge is 2.06. The van der Waals surface area contributed by atoms with Crippen molar-refractivity contribution in [3.8, 4) is 0 Å². The summed E-state index contributed by atoms with van der Waals surface area (Å²) in [6.07, 6.45) is 1.81. The van der Waals surface area contributed by atoms with Crippen molar-refractivity contribution in [1.82, 2.24) is 15.0 Å². The molecule has 0 radical (unpaired) electrons. The van der Waals surface area contributed by atoms with Crippen molar-refractivity contribution in [3.63, 3.8) is 0 Å². The molecule has 0 aromatic carbocycles. The van der Waals surface area contributed by atoms with Crippen LogP contribution >= 0.6 is 0 Å². The fraction of sp³-hybridized carbons (Fsp3) is 0.200. The largest absolute Gasteiger partial charge is 0.464 e. The number of carbonyl (C=O) groups is 1. The van der Waals surface area contributed by atoms with Crippen molar-refractivity contribution < 1.29 is 9.90 Å². The van der Waals surface area contributed by atoms with Gasteiger partial charge < -0.3 is 10.1 Å². The van der Waals surface area contributed by atoms with Gasteiger partial charge in [0.1, 0.15) is 0 Å². The number of carboxylic acid groups (broad SMARTS) is 1. The molecule has 1 aromatic heterocycles. The van der Waals surface area contributed by atoms with Gasteiger partial charge in [-0.05, 0) is 0 Å². The number of nitrogens with one attached hydrogen (secondary N) is 1. The van der Waals surface area contributed by atoms with Gasteiger partial charge in [0.2, 0.25) is 0 Å². The summed E-state index contributed by atoms with van der Waals surface area (Å²) < 4.78 is 0. The number of hydrazine groups is 1. The van der Waals surface area contributed by atoms with Gasteiger partial charge in [-0.25, -0.2) is 20.6 Å². The van der Waals surface area contributed by atoms with Crippen LogP contribution in [0.15, 0.2) is 12.5 Å². The van der Waals surface area contributed by atoms with E-state index in [4.69, 9.17) is 10.9 Å². The monoisotopic (exact) mass is 156 g/mol. The van der Waals surface area contributed by atoms with Crippen molar-refractivity contribution in [1.29, 1.82) is 0 Å². The van der Waals surface area contributed by atoms with E-state index in [0.29, 0.717) is 10.7 Å². The van der Waals surface area contributed by atoms with E-state index >= 15 is 0 Å². The topological polar surface area (TPSA) is 95.2 Å². The number of rotatable bonds is 2. The fourth-order valence-corrected chi connectivity index (χ4v) is 0.622. The van der Waals surface area contributed by atoms with Crippen LogP contribution in [-0.2, 0) is 6.54 Å². The molecule has 0 saturated carbocycles. The first kappa shape index (κ1) is 7.55. The Labute approximate surface area is 62.6 Å². The van der Waals surface area contributed by atoms with E-state index in [1.807, 2.05) is 0 Å². The predicted molar refractivity (Wildman–Crippen MR) is 36.3 cm³/mol. The number of nitrogens with zero attached hydrogens (tertiary/aromatic N) is 2. The molecule has 1 rings (SSSR count). The molecule has 0 aliphatic heterocycles. The fourth-order valence-electron chi connectivity index (χ4n) is 0.622. The smallest absolute Gasteiger partial charge is 0.421 e. The number of hydrogen-bond donors (Lipinski definition) is 3. The predicted octanol–water partition coefficient (Wildman–Crippen LogP) is -0.237. The molecule has 0 spiro atoms. The minimum Gasteiger partial charge on any atom is -0.464 e. The molecule has 0 saturated heterocycles. The van der Waals surface area contributed by atoms with Crippen LogP contribution in [0.25, 0.3) is 0 Å². The SMILES string of the molecule is NN(Cc1cnc[nH]1)C(=O)O. The number of H-pyrrole nitrogens is 1. The Morgan fingerprint density at radius 1 is 1.91 bits per heavy atom. The lowest BCUT2D eigenvalue weighted by Crippen LogP contribution is -2.35. The third kappa shape index (κ3) is 1.94. The number of imidazole rings is 1. The van der Waals surface area contributed by atoms with Crippen LogP contribution in [0, 0.1) is 0 Å². The van der Waals surface area contributed by atoms with Gasteiger partial charge in [0.25, 0.3) is 0 Å². The van der Waals surface area contributed by atoms with Crippen molar-refractivity contribution >= 4 is 6.09 Å². The zero-order valence-corrected chi connectivity index (χ0v) is 5.69. The minimum absolute atomic E-state index is 0.120. The van der Waals surface area contributed by atoms with E-state index in [1.165, 1.54) is 12.5 Å². The second kappa shape index (κ2) is 3.02. The van der Waals surface area contributed by atoms with E-state index in [2.05, 4.69) is 9.97 Å². The average Bonchev–Trinajstić information content (AvgIpc) is 2.39. The van der Waals surface area contributed by atoms with Crippen molar-refractivity contribution in [2.24, 2.45) is 5.84 Å². The van der Waals surface area contributed by atoms with Crippen molar-refractivity contribution in [2.75, 3.05) is 0 Å². The molecule has 6 nitrogen and oxygen atoms in total. The number of nitrogens with two attached hydrogens (primary N) is 1. The molecule has 0 unspecified atom stereocenters. The number of amides is 1. The highest BCUT2D eigenvalue weighted by molar-refractivity contribution is 5.63. The maximum atomic E-state index is 10.2. The number of aromatic amines is 1. The lowest BCUT2D eigenvalue weighted by molar-refractivity contribution is 0.142. The summed E-state index contributed by atoms with van der Waals surface area (Å²) in [5.41, 5.74) is 0.662. The zero-order chi connectivity index (χ0) is 8.27. The molecule has 1 amide bonds. The van der Waals surface area contributed by atoms with E-state index in [0.717, 1.165) is 0 Å². The van der Waals surface area contributed by atoms with Crippen LogP contribution in [0.2, 0.25) is 0 Å². The van der Waals surface area contributed by atoms with E-state index in [1.54, 1.807) is 0 Å². The Balaban J connectivity index is 2.50. The highest BCUT2D eigenvalue weighted by atomic mass is 16.4. The van der Waals surface area contributed by atoms with Crippen LogP contribution in [-0.4, -0.2) is 26.2 Å². The van der Waals surface area contributed by atoms with Crippen LogP contribution in [0.5, 0.6) is 0 Å². The zero-order valence-electron chi connectivity index (χ0n) is 5.69. The molecule has 0 bridgehead atoms. The second-order valence-corrected chi connectivity index (χ2v) is 1.99. The highest BCUT2D eigenvalue weighted by Crippen LogP contribution is 1.94. The molecule has 0 aliphatic carbocycles. The normalized spacial score (nSPS) is 9.55. The average molecular weight is 156 g/mol. The number of aromatic nitrogens is 2. The lowest BCUT2D eigenvalue weighted by atomic mass is 10.5. The molecule has 0 fully saturated rings. The van der Waals surface area contributed by atoms with Crippen molar-refractivity contribution in [3.05, 3.63) is 18.2 Å². The van der Waals surface area contributed by atoms with Crippen molar-refractivity contribution in [2.45, 2.75) is 6.54 Å². The summed E-state index contributed by atoms with van der Waals surface area (Å²) in [6, 6.07) is 0. The van der Waals surface area contributed by atoms with Gasteiger partial charge in [-0.3, -0.25) is 0 Å². The van der Waals surface area contributed by atoms with Gasteiger partial charge in [-0.1, -0.05) is 0 Å². The minimum atomic E-state index is -1.17. The van der Waals surface area contributed by atoms with Crippen LogP contribution in [0.3, 0.4) is 0 Å². The molecule has 4 N–H and O–H groups in total. The summed E-state index contributed by atoms with van der Waals surface area (Å²) in [5, 5.41) is 9.02. The first-order chi connectivity index (χ1) is 5.20. The Kier molecular flexibility index (Phi) is 2.07. The van der Waals surface area contributed by atoms with Crippen LogP contribution in [0.4, 0.5) is 4.79 Å². The summed E-state index contributed by atoms with van der Waals surface area (Å²) in [7, 11) is 0. The van der Waals surface area contributed by atoms with E-state index in [-0.39, 0.29) is 6.54 Å². The maximum absolute atomic E-state index is 10.2. The van der Waals surface area contributed by atoms with Gasteiger partial charge in [-0.15, -0.1) is 0 Å². The second-order valence-electron chi connectivity index (χ2n) is 1.99. The third-order valence-electron chi connectivity index (χ3n) is 1.14. The standard InChI is InChI=1S/C5H8N4O2/c6-9(5(10)11)2-4-1-7-3-8-4/h1,3H,2,6H2,(H,7,8)(H,10,11). The van der Waals surface area contributed by atoms with Gasteiger partial charge in [0, 0.05) is 6.20 Å². The summed E-state index contributed by atoms with van der Waals surface area (Å²) in [6.45, 7) is 0.120. The Bertz CT molecular complexity index is 233. The Morgan fingerprint density at radius 3 is 3.09 bits per heavy atom. The van der Waals surface area contributed by atoms with Crippen LogP contribution in [0.1, 0.15) is 5.69 Å². The molecule has 0 aliphatic rings. The molecule has 0 atom stereocenters. The van der Waals surface area contributed by atoms with Crippen LogP contribution < -0.4 is 5.84 Å². The molecule has 60 valence electrons. The number of hydrogen-bond acceptors (Lipinski definition) is 3. The summed E-state index contributed by atoms with van der Waals surface area (Å²) in [5.74, 6) is 5.09. The molecule has 1 heterocycles. The van der Waals surface area contributed by atoms with Gasteiger partial charge >= 0.3 is 6.09 Å². The molecule has 6 heteroatoms. The summed E-state index contributed by atoms with van der Waals surface area (Å²) in [4.78, 5) is 16.6. The van der Waals surface area contributed by atoms with E-state index in [9.17, 15) is 4.79 Å². The quantitative estimate of drug-likeness (QED) is 0.313. The first-order valence-electron chi connectivity index (χ1n) is 2.92. The third-order valence-corrected chi connectivity index (χ3v) is 1.14. The van der Waals surface area contributed by atoms with Gasteiger partial charge in [-0.2, -0.15) is 0 Å². The Morgan fingerprint density at radius 2 is 2.64 bits per heavy atom. The molecule has 1 aromatic rings. The van der Waals surface area contributed by atoms with Gasteiger partial charge in [0.15, 0.2) is 0 Å². The molecular weight excluding hydrogens is 148 g/mol. The summed E-state index contributed by atoms with van der Waals surface area (Å²) >= 11 is 0. The first-order valence-corrected chi connectivity index (χ1v) is 2.92. The lowest BCUT2D eigenvalue weighted by Gasteiger charge is -2.09. The maximum Gasteiger partial charge on any atom is 0.421 e. The van der Waals surface area contributed by atoms with E-state index < -0.39 is 6.09 Å². The molecular formula is C5H8N4O2. The Hall–Kier alpha value is -1.56. The molecule has 11 heavy (non-hydrogen) atoms.